The Balaban J connectivity index is 1.79. The zero-order valence-electron chi connectivity index (χ0n) is 12.4. The molecule has 0 spiro atoms. The van der Waals surface area contributed by atoms with Gasteiger partial charge in [-0.25, -0.2) is 4.98 Å². The molecule has 0 saturated heterocycles. The van der Waals surface area contributed by atoms with Crippen molar-refractivity contribution < 1.29 is 4.42 Å². The minimum Gasteiger partial charge on any atom is -0.452 e. The first-order valence-electron chi connectivity index (χ1n) is 7.33. The van der Waals surface area contributed by atoms with Crippen molar-refractivity contribution in [3.8, 4) is 22.5 Å². The third-order valence-electron chi connectivity index (χ3n) is 4.06. The number of nitrogens with two attached hydrogens (primary N) is 1. The van der Waals surface area contributed by atoms with E-state index in [9.17, 15) is 0 Å². The fourth-order valence-electron chi connectivity index (χ4n) is 2.90. The van der Waals surface area contributed by atoms with Crippen LogP contribution >= 0.6 is 22.7 Å². The monoisotopic (exact) mass is 349 g/mol. The molecule has 0 aromatic carbocycles. The van der Waals surface area contributed by atoms with Gasteiger partial charge in [-0.05, 0) is 34.5 Å². The molecule has 5 rings (SSSR count). The number of nitrogen functional groups attached to an aromatic ring is 1. The van der Waals surface area contributed by atoms with Crippen molar-refractivity contribution in [2.45, 2.75) is 0 Å². The van der Waals surface area contributed by atoms with Crippen molar-refractivity contribution in [1.82, 2.24) is 9.97 Å². The average Bonchev–Trinajstić information content (AvgIpc) is 3.34. The molecule has 0 aliphatic carbocycles. The van der Waals surface area contributed by atoms with Crippen LogP contribution in [0.1, 0.15) is 0 Å². The van der Waals surface area contributed by atoms with Crippen LogP contribution in [-0.2, 0) is 0 Å². The first-order valence-corrected chi connectivity index (χ1v) is 9.15. The number of anilines is 1. The van der Waals surface area contributed by atoms with E-state index >= 15 is 0 Å². The van der Waals surface area contributed by atoms with Gasteiger partial charge >= 0.3 is 0 Å². The maximum absolute atomic E-state index is 6.09. The molecular weight excluding hydrogens is 338 g/mol. The molecule has 2 N–H and O–H groups in total. The summed E-state index contributed by atoms with van der Waals surface area (Å²) >= 11 is 3.32. The van der Waals surface area contributed by atoms with Gasteiger partial charge in [0, 0.05) is 45.9 Å². The summed E-state index contributed by atoms with van der Waals surface area (Å²) in [5.41, 5.74) is 9.92. The summed E-state index contributed by atoms with van der Waals surface area (Å²) in [6.45, 7) is 0. The molecule has 0 unspecified atom stereocenters. The Bertz CT molecular complexity index is 1170. The van der Waals surface area contributed by atoms with Crippen LogP contribution in [0.3, 0.4) is 0 Å². The summed E-state index contributed by atoms with van der Waals surface area (Å²) in [5, 5.41) is 8.38. The van der Waals surface area contributed by atoms with Crippen molar-refractivity contribution >= 4 is 49.5 Å². The third kappa shape index (κ3) is 1.97. The topological polar surface area (TPSA) is 64.9 Å². The highest BCUT2D eigenvalue weighted by molar-refractivity contribution is 7.17. The lowest BCUT2D eigenvalue weighted by molar-refractivity contribution is 0.632. The first-order chi connectivity index (χ1) is 11.8. The molecular formula is C18H11N3OS2. The summed E-state index contributed by atoms with van der Waals surface area (Å²) < 4.78 is 7.23. The zero-order valence-corrected chi connectivity index (χ0v) is 14.0. The Morgan fingerprint density at radius 3 is 2.88 bits per heavy atom. The number of thiophene rings is 2. The first kappa shape index (κ1) is 13.7. The number of aromatic nitrogens is 2. The summed E-state index contributed by atoms with van der Waals surface area (Å²) in [5.74, 6) is 1.22. The molecule has 6 heteroatoms. The van der Waals surface area contributed by atoms with Crippen LogP contribution in [0.5, 0.6) is 0 Å². The maximum atomic E-state index is 6.09. The molecule has 0 bridgehead atoms. The normalized spacial score (nSPS) is 11.5. The fraction of sp³-hybridized carbons (Fsp3) is 0. The molecule has 0 fully saturated rings. The quantitative estimate of drug-likeness (QED) is 0.462. The zero-order chi connectivity index (χ0) is 16.1. The van der Waals surface area contributed by atoms with E-state index in [1.165, 1.54) is 0 Å². The summed E-state index contributed by atoms with van der Waals surface area (Å²) in [4.78, 5) is 8.48. The molecule has 0 aliphatic heterocycles. The molecule has 0 amide bonds. The number of fused-ring (bicyclic) bond motifs is 2. The van der Waals surface area contributed by atoms with E-state index in [1.54, 1.807) is 28.9 Å². The van der Waals surface area contributed by atoms with E-state index in [0.29, 0.717) is 11.4 Å². The molecule has 5 heterocycles. The molecule has 0 radical (unpaired) electrons. The average molecular weight is 349 g/mol. The Hall–Kier alpha value is -2.70. The highest BCUT2D eigenvalue weighted by atomic mass is 32.1. The largest absolute Gasteiger partial charge is 0.452 e. The molecule has 5 aromatic heterocycles. The lowest BCUT2D eigenvalue weighted by atomic mass is 10.1. The van der Waals surface area contributed by atoms with Crippen LogP contribution in [0, 0.1) is 0 Å². The predicted molar refractivity (Wildman–Crippen MR) is 100 cm³/mol. The van der Waals surface area contributed by atoms with E-state index < -0.39 is 0 Å². The molecule has 0 aliphatic rings. The Labute approximate surface area is 145 Å². The van der Waals surface area contributed by atoms with Crippen LogP contribution in [0.15, 0.2) is 57.3 Å². The van der Waals surface area contributed by atoms with Gasteiger partial charge < -0.3 is 10.2 Å². The van der Waals surface area contributed by atoms with Gasteiger partial charge in [0.25, 0.3) is 0 Å². The van der Waals surface area contributed by atoms with Gasteiger partial charge in [0.05, 0.1) is 4.70 Å². The van der Waals surface area contributed by atoms with Gasteiger partial charge in [0.15, 0.2) is 11.4 Å². The Morgan fingerprint density at radius 1 is 1.04 bits per heavy atom. The van der Waals surface area contributed by atoms with Gasteiger partial charge in [-0.15, -0.1) is 11.3 Å². The van der Waals surface area contributed by atoms with Crippen LogP contribution in [0.25, 0.3) is 43.5 Å². The minimum absolute atomic E-state index is 0.413. The van der Waals surface area contributed by atoms with Crippen molar-refractivity contribution in [1.29, 1.82) is 0 Å². The van der Waals surface area contributed by atoms with Crippen LogP contribution in [0.4, 0.5) is 5.82 Å². The van der Waals surface area contributed by atoms with E-state index in [0.717, 1.165) is 37.9 Å². The second-order valence-corrected chi connectivity index (χ2v) is 7.14. The molecule has 0 atom stereocenters. The van der Waals surface area contributed by atoms with Crippen molar-refractivity contribution in [2.75, 3.05) is 5.73 Å². The second kappa shape index (κ2) is 5.15. The van der Waals surface area contributed by atoms with Gasteiger partial charge in [-0.3, -0.25) is 4.98 Å². The van der Waals surface area contributed by atoms with E-state index in [2.05, 4.69) is 38.2 Å². The van der Waals surface area contributed by atoms with Gasteiger partial charge in [-0.2, -0.15) is 11.3 Å². The Kier molecular flexibility index (Phi) is 2.95. The highest BCUT2D eigenvalue weighted by Gasteiger charge is 2.17. The number of pyridine rings is 2. The number of hydrogen-bond donors (Lipinski definition) is 1. The van der Waals surface area contributed by atoms with E-state index in [4.69, 9.17) is 10.2 Å². The molecule has 4 nitrogen and oxygen atoms in total. The third-order valence-corrected chi connectivity index (χ3v) is 5.68. The summed E-state index contributed by atoms with van der Waals surface area (Å²) in [6.07, 6.45) is 5.49. The minimum atomic E-state index is 0.413. The van der Waals surface area contributed by atoms with Gasteiger partial charge in [0.1, 0.15) is 5.76 Å². The van der Waals surface area contributed by atoms with E-state index in [1.807, 2.05) is 18.5 Å². The summed E-state index contributed by atoms with van der Waals surface area (Å²) in [6, 6.07) is 6.15. The van der Waals surface area contributed by atoms with Gasteiger partial charge in [0.2, 0.25) is 0 Å². The lowest BCUT2D eigenvalue weighted by Crippen LogP contribution is -1.90. The van der Waals surface area contributed by atoms with Crippen LogP contribution < -0.4 is 5.73 Å². The number of rotatable bonds is 2. The SMILES string of the molecule is Nc1ncc(-c2ccsc2)c2cc(-c3csc4cnccc34)oc12. The lowest BCUT2D eigenvalue weighted by Gasteiger charge is -2.00. The predicted octanol–water partition coefficient (Wildman–Crippen LogP) is 5.42. The molecule has 0 saturated carbocycles. The number of nitrogens with zero attached hydrogens (tertiary/aromatic N) is 2. The maximum Gasteiger partial charge on any atom is 0.177 e. The second-order valence-electron chi connectivity index (χ2n) is 5.44. The molecule has 5 aromatic rings. The Morgan fingerprint density at radius 2 is 2.00 bits per heavy atom. The van der Waals surface area contributed by atoms with Crippen molar-refractivity contribution in [3.05, 3.63) is 52.9 Å². The fourth-order valence-corrected chi connectivity index (χ4v) is 4.47. The molecule has 116 valence electrons. The number of hydrogen-bond acceptors (Lipinski definition) is 6. The van der Waals surface area contributed by atoms with E-state index in [-0.39, 0.29) is 0 Å². The van der Waals surface area contributed by atoms with Crippen molar-refractivity contribution in [3.63, 3.8) is 0 Å². The summed E-state index contributed by atoms with van der Waals surface area (Å²) in [7, 11) is 0. The van der Waals surface area contributed by atoms with Crippen LogP contribution in [-0.4, -0.2) is 9.97 Å². The molecule has 24 heavy (non-hydrogen) atoms. The highest BCUT2D eigenvalue weighted by Crippen LogP contribution is 2.40. The van der Waals surface area contributed by atoms with Gasteiger partial charge in [-0.1, -0.05) is 0 Å². The smallest absolute Gasteiger partial charge is 0.177 e. The van der Waals surface area contributed by atoms with Crippen molar-refractivity contribution in [2.24, 2.45) is 0 Å². The van der Waals surface area contributed by atoms with Crippen LogP contribution in [0.2, 0.25) is 0 Å². The standard InChI is InChI=1S/C18H11N3OS2/c19-18-17-12(13(6-21-18)10-2-4-23-8-10)5-15(22-17)14-9-24-16-7-20-3-1-11(14)16/h1-9H,(H2,19,21). The number of furan rings is 1.